The van der Waals surface area contributed by atoms with Gasteiger partial charge in [0.15, 0.2) is 0 Å². The van der Waals surface area contributed by atoms with Gasteiger partial charge in [-0.1, -0.05) is 17.7 Å². The number of hydrogen-bond acceptors (Lipinski definition) is 5. The Hall–Kier alpha value is -1.83. The van der Waals surface area contributed by atoms with Gasteiger partial charge in [-0.2, -0.15) is 0 Å². The molecule has 2 aliphatic rings. The van der Waals surface area contributed by atoms with E-state index in [0.717, 1.165) is 18.7 Å². The van der Waals surface area contributed by atoms with Crippen molar-refractivity contribution in [3.8, 4) is 5.75 Å². The number of nitrogens with zero attached hydrogens (tertiary/aromatic N) is 3. The molecule has 0 spiro atoms. The highest BCUT2D eigenvalue weighted by atomic mass is 35.5. The Morgan fingerprint density at radius 1 is 1.00 bits per heavy atom. The van der Waals surface area contributed by atoms with Gasteiger partial charge in [0.25, 0.3) is 0 Å². The Morgan fingerprint density at radius 2 is 1.63 bits per heavy atom. The van der Waals surface area contributed by atoms with E-state index in [0.29, 0.717) is 63.8 Å². The fourth-order valence-corrected chi connectivity index (χ4v) is 3.57. The number of aryl methyl sites for hydroxylation is 1. The van der Waals surface area contributed by atoms with Crippen molar-refractivity contribution in [2.24, 2.45) is 0 Å². The average Bonchev–Trinajstić information content (AvgIpc) is 2.69. The second-order valence-electron chi connectivity index (χ2n) is 6.94. The molecule has 0 bridgehead atoms. The van der Waals surface area contributed by atoms with Crippen LogP contribution in [0.25, 0.3) is 0 Å². The quantitative estimate of drug-likeness (QED) is 0.804. The molecule has 148 valence electrons. The first kappa shape index (κ1) is 19.9. The molecular weight excluding hydrogens is 370 g/mol. The fraction of sp³-hybridized carbons (Fsp3) is 0.579. The number of carbonyl (C=O) groups is 2. The molecule has 2 fully saturated rings. The Balaban J connectivity index is 1.40. The molecule has 1 N–H and O–H groups in total. The molecule has 1 aromatic rings. The fourth-order valence-electron chi connectivity index (χ4n) is 3.37. The van der Waals surface area contributed by atoms with Gasteiger partial charge in [-0.15, -0.1) is 0 Å². The van der Waals surface area contributed by atoms with Crippen LogP contribution in [-0.4, -0.2) is 90.6 Å². The molecule has 1 aromatic carbocycles. The molecule has 2 heterocycles. The maximum Gasteiger partial charge on any atom is 0.236 e. The van der Waals surface area contributed by atoms with Crippen molar-refractivity contribution in [2.45, 2.75) is 12.8 Å². The number of piperazine rings is 1. The van der Waals surface area contributed by atoms with Crippen molar-refractivity contribution < 1.29 is 19.4 Å². The number of halogens is 1. The predicted octanol–water partition coefficient (Wildman–Crippen LogP) is 0.981. The summed E-state index contributed by atoms with van der Waals surface area (Å²) in [6.45, 7) is 5.70. The van der Waals surface area contributed by atoms with Crippen molar-refractivity contribution in [2.75, 3.05) is 59.0 Å². The Kier molecular flexibility index (Phi) is 6.93. The van der Waals surface area contributed by atoms with E-state index in [1.54, 1.807) is 18.2 Å². The average molecular weight is 396 g/mol. The molecule has 0 aromatic heterocycles. The topological polar surface area (TPSA) is 73.3 Å². The van der Waals surface area contributed by atoms with Gasteiger partial charge in [0.05, 0.1) is 24.8 Å². The molecule has 8 heteroatoms. The maximum atomic E-state index is 12.4. The summed E-state index contributed by atoms with van der Waals surface area (Å²) in [6.07, 6.45) is 0.970. The third kappa shape index (κ3) is 5.57. The van der Waals surface area contributed by atoms with Gasteiger partial charge in [0, 0.05) is 45.7 Å². The van der Waals surface area contributed by atoms with Crippen molar-refractivity contribution in [1.82, 2.24) is 14.7 Å². The molecular formula is C19H26ClN3O4. The van der Waals surface area contributed by atoms with E-state index in [1.165, 1.54) is 0 Å². The summed E-state index contributed by atoms with van der Waals surface area (Å²) in [5, 5.41) is 9.75. The summed E-state index contributed by atoms with van der Waals surface area (Å²) in [5.74, 6) is 0.256. The summed E-state index contributed by atoms with van der Waals surface area (Å²) < 4.78 is 5.30. The molecule has 0 saturated carbocycles. The van der Waals surface area contributed by atoms with Crippen LogP contribution < -0.4 is 0 Å². The lowest BCUT2D eigenvalue weighted by Gasteiger charge is -2.36. The summed E-state index contributed by atoms with van der Waals surface area (Å²) in [6, 6.07) is 5.00. The molecule has 3 rings (SSSR count). The molecule has 2 aliphatic heterocycles. The minimum Gasteiger partial charge on any atom is -0.506 e. The van der Waals surface area contributed by atoms with Gasteiger partial charge in [0.1, 0.15) is 5.75 Å². The van der Waals surface area contributed by atoms with Crippen molar-refractivity contribution >= 4 is 23.4 Å². The largest absolute Gasteiger partial charge is 0.506 e. The minimum absolute atomic E-state index is 0.0459. The zero-order valence-corrected chi connectivity index (χ0v) is 16.2. The predicted molar refractivity (Wildman–Crippen MR) is 102 cm³/mol. The number of ether oxygens (including phenoxy) is 1. The van der Waals surface area contributed by atoms with Gasteiger partial charge < -0.3 is 19.6 Å². The summed E-state index contributed by atoms with van der Waals surface area (Å²) in [4.78, 5) is 30.6. The molecule has 0 unspecified atom stereocenters. The van der Waals surface area contributed by atoms with Gasteiger partial charge >= 0.3 is 0 Å². The highest BCUT2D eigenvalue weighted by Crippen LogP contribution is 2.24. The Bertz CT molecular complexity index is 671. The van der Waals surface area contributed by atoms with E-state index in [9.17, 15) is 14.7 Å². The van der Waals surface area contributed by atoms with Crippen LogP contribution in [0.3, 0.4) is 0 Å². The lowest BCUT2D eigenvalue weighted by Crippen LogP contribution is -2.53. The first-order valence-electron chi connectivity index (χ1n) is 9.36. The second kappa shape index (κ2) is 9.39. The number of rotatable bonds is 5. The zero-order valence-electron chi connectivity index (χ0n) is 15.4. The molecule has 0 atom stereocenters. The lowest BCUT2D eigenvalue weighted by molar-refractivity contribution is -0.140. The van der Waals surface area contributed by atoms with Crippen LogP contribution >= 0.6 is 11.6 Å². The molecule has 0 aliphatic carbocycles. The zero-order chi connectivity index (χ0) is 19.2. The van der Waals surface area contributed by atoms with Crippen LogP contribution in [-0.2, 0) is 20.7 Å². The highest BCUT2D eigenvalue weighted by molar-refractivity contribution is 6.32. The van der Waals surface area contributed by atoms with Gasteiger partial charge in [0.2, 0.25) is 11.8 Å². The first-order chi connectivity index (χ1) is 13.0. The van der Waals surface area contributed by atoms with E-state index in [2.05, 4.69) is 4.90 Å². The highest BCUT2D eigenvalue weighted by Gasteiger charge is 2.25. The van der Waals surface area contributed by atoms with Crippen LogP contribution in [0.4, 0.5) is 0 Å². The number of hydrogen-bond donors (Lipinski definition) is 1. The Labute approximate surface area is 164 Å². The molecule has 7 nitrogen and oxygen atoms in total. The summed E-state index contributed by atoms with van der Waals surface area (Å²) >= 11 is 5.90. The SMILES string of the molecule is O=C(CCc1ccc(O)c(Cl)c1)N1CCN(C(=O)CN2CCOCC2)CC1. The van der Waals surface area contributed by atoms with Crippen LogP contribution in [0.5, 0.6) is 5.75 Å². The molecule has 2 amide bonds. The minimum atomic E-state index is 0.0459. The van der Waals surface area contributed by atoms with Gasteiger partial charge in [-0.3, -0.25) is 14.5 Å². The van der Waals surface area contributed by atoms with Crippen LogP contribution in [0, 0.1) is 0 Å². The number of carbonyl (C=O) groups excluding carboxylic acids is 2. The van der Waals surface area contributed by atoms with Crippen molar-refractivity contribution in [1.29, 1.82) is 0 Å². The number of aromatic hydroxyl groups is 1. The van der Waals surface area contributed by atoms with E-state index in [-0.39, 0.29) is 17.6 Å². The first-order valence-corrected chi connectivity index (χ1v) is 9.74. The number of amides is 2. The van der Waals surface area contributed by atoms with Crippen LogP contribution in [0.1, 0.15) is 12.0 Å². The third-order valence-electron chi connectivity index (χ3n) is 5.09. The summed E-state index contributed by atoms with van der Waals surface area (Å²) in [7, 11) is 0. The number of phenolic OH excluding ortho intramolecular Hbond substituents is 1. The monoisotopic (exact) mass is 395 g/mol. The number of benzene rings is 1. The molecule has 2 saturated heterocycles. The maximum absolute atomic E-state index is 12.4. The van der Waals surface area contributed by atoms with Crippen molar-refractivity contribution in [3.63, 3.8) is 0 Å². The van der Waals surface area contributed by atoms with E-state index in [4.69, 9.17) is 16.3 Å². The Morgan fingerprint density at radius 3 is 2.26 bits per heavy atom. The standard InChI is InChI=1S/C19H26ClN3O4/c20-16-13-15(1-3-17(16)24)2-4-18(25)22-5-7-23(8-6-22)19(26)14-21-9-11-27-12-10-21/h1,3,13,24H,2,4-12,14H2. The number of phenols is 1. The lowest BCUT2D eigenvalue weighted by atomic mass is 10.1. The van der Waals surface area contributed by atoms with Crippen molar-refractivity contribution in [3.05, 3.63) is 28.8 Å². The molecule has 0 radical (unpaired) electrons. The van der Waals surface area contributed by atoms with Crippen LogP contribution in [0.2, 0.25) is 5.02 Å². The van der Waals surface area contributed by atoms with E-state index < -0.39 is 0 Å². The summed E-state index contributed by atoms with van der Waals surface area (Å²) in [5.41, 5.74) is 0.922. The normalized spacial score (nSPS) is 18.6. The van der Waals surface area contributed by atoms with E-state index >= 15 is 0 Å². The third-order valence-corrected chi connectivity index (χ3v) is 5.39. The van der Waals surface area contributed by atoms with Crippen LogP contribution in [0.15, 0.2) is 18.2 Å². The second-order valence-corrected chi connectivity index (χ2v) is 7.34. The van der Waals surface area contributed by atoms with Gasteiger partial charge in [-0.05, 0) is 24.1 Å². The smallest absolute Gasteiger partial charge is 0.236 e. The number of morpholine rings is 1. The van der Waals surface area contributed by atoms with Gasteiger partial charge in [-0.25, -0.2) is 0 Å². The molecule has 27 heavy (non-hydrogen) atoms. The van der Waals surface area contributed by atoms with E-state index in [1.807, 2.05) is 9.80 Å².